The third kappa shape index (κ3) is 6.98. The van der Waals surface area contributed by atoms with Crippen LogP contribution in [0.3, 0.4) is 0 Å². The molecule has 210 valence electrons. The van der Waals surface area contributed by atoms with Crippen LogP contribution in [0.5, 0.6) is 0 Å². The Morgan fingerprint density at radius 3 is 2.17 bits per heavy atom. The Kier molecular flexibility index (Phi) is 9.75. The molecule has 40 heavy (non-hydrogen) atoms. The summed E-state index contributed by atoms with van der Waals surface area (Å²) in [5.41, 5.74) is 5.72. The van der Waals surface area contributed by atoms with E-state index in [2.05, 4.69) is 12.2 Å². The maximum atomic E-state index is 13.1. The van der Waals surface area contributed by atoms with Gasteiger partial charge in [-0.15, -0.1) is 0 Å². The Balaban J connectivity index is 1.35. The molecule has 0 spiro atoms. The number of aliphatic carboxylic acids is 1. The number of rotatable bonds is 13. The van der Waals surface area contributed by atoms with Crippen LogP contribution >= 0.6 is 0 Å². The van der Waals surface area contributed by atoms with Crippen molar-refractivity contribution in [1.29, 1.82) is 0 Å². The lowest BCUT2D eigenvalue weighted by Gasteiger charge is -2.27. The maximum Gasteiger partial charge on any atom is 0.326 e. The van der Waals surface area contributed by atoms with Gasteiger partial charge in [0, 0.05) is 23.4 Å². The highest BCUT2D eigenvalue weighted by Gasteiger charge is 2.38. The van der Waals surface area contributed by atoms with Gasteiger partial charge in [-0.3, -0.25) is 9.59 Å². The number of hydrogen-bond acceptors (Lipinski definition) is 3. The van der Waals surface area contributed by atoms with Gasteiger partial charge in [0.2, 0.25) is 0 Å². The van der Waals surface area contributed by atoms with Gasteiger partial charge in [0.05, 0.1) is 0 Å². The van der Waals surface area contributed by atoms with Crippen molar-refractivity contribution < 1.29 is 19.5 Å². The molecule has 1 heterocycles. The molecule has 6 heteroatoms. The molecule has 2 amide bonds. The summed E-state index contributed by atoms with van der Waals surface area (Å²) in [5.74, 6) is -1.58. The molecule has 0 saturated carbocycles. The lowest BCUT2D eigenvalue weighted by atomic mass is 10.00. The summed E-state index contributed by atoms with van der Waals surface area (Å²) in [5, 5.41) is 12.6. The van der Waals surface area contributed by atoms with Crippen LogP contribution in [-0.4, -0.2) is 33.8 Å². The predicted molar refractivity (Wildman–Crippen MR) is 159 cm³/mol. The Bertz CT molecular complexity index is 1330. The van der Waals surface area contributed by atoms with Gasteiger partial charge < -0.3 is 15.3 Å². The molecular weight excluding hydrogens is 500 g/mol. The van der Waals surface area contributed by atoms with Gasteiger partial charge in [0.15, 0.2) is 0 Å². The van der Waals surface area contributed by atoms with Crippen molar-refractivity contribution in [3.8, 4) is 11.1 Å². The van der Waals surface area contributed by atoms with E-state index >= 15 is 0 Å². The van der Waals surface area contributed by atoms with E-state index in [0.717, 1.165) is 23.1 Å². The standard InChI is InChI=1S/C34H40N2O4/c1-4-5-6-7-8-9-10-24-11-13-26(14-12-24)32(37)35-29-19-17-25(18-20-29)27-15-16-28-22-36(33(38)30(28)21-27)31(23(2)3)34(39)40/h11-21,23,31H,4-10,22H2,1-3H3,(H,35,37)(H,39,40). The number of nitrogens with zero attached hydrogens (tertiary/aromatic N) is 1. The van der Waals surface area contributed by atoms with E-state index in [9.17, 15) is 19.5 Å². The van der Waals surface area contributed by atoms with E-state index in [4.69, 9.17) is 0 Å². The number of carbonyl (C=O) groups excluding carboxylic acids is 2. The second-order valence-electron chi connectivity index (χ2n) is 11.1. The summed E-state index contributed by atoms with van der Waals surface area (Å²) < 4.78 is 0. The third-order valence-corrected chi connectivity index (χ3v) is 7.67. The molecule has 3 aromatic carbocycles. The number of nitrogens with one attached hydrogen (secondary N) is 1. The van der Waals surface area contributed by atoms with Crippen molar-refractivity contribution in [2.24, 2.45) is 5.92 Å². The third-order valence-electron chi connectivity index (χ3n) is 7.67. The number of carboxylic acid groups (broad SMARTS) is 1. The van der Waals surface area contributed by atoms with E-state index in [-0.39, 0.29) is 17.7 Å². The molecule has 1 aliphatic heterocycles. The van der Waals surface area contributed by atoms with Gasteiger partial charge in [-0.05, 0) is 71.3 Å². The van der Waals surface area contributed by atoms with E-state index < -0.39 is 12.0 Å². The smallest absolute Gasteiger partial charge is 0.326 e. The van der Waals surface area contributed by atoms with E-state index in [0.29, 0.717) is 23.4 Å². The molecule has 1 atom stereocenters. The Hall–Kier alpha value is -3.93. The summed E-state index contributed by atoms with van der Waals surface area (Å²) >= 11 is 0. The van der Waals surface area contributed by atoms with Crippen molar-refractivity contribution in [1.82, 2.24) is 4.90 Å². The van der Waals surface area contributed by atoms with Crippen LogP contribution in [0.25, 0.3) is 11.1 Å². The topological polar surface area (TPSA) is 86.7 Å². The van der Waals surface area contributed by atoms with E-state index in [1.807, 2.05) is 80.6 Å². The minimum Gasteiger partial charge on any atom is -0.480 e. The van der Waals surface area contributed by atoms with Crippen LogP contribution in [0.15, 0.2) is 66.7 Å². The minimum absolute atomic E-state index is 0.153. The normalized spacial score (nSPS) is 13.4. The molecule has 3 aromatic rings. The monoisotopic (exact) mass is 540 g/mol. The van der Waals surface area contributed by atoms with Gasteiger partial charge in [0.1, 0.15) is 6.04 Å². The molecule has 2 N–H and O–H groups in total. The summed E-state index contributed by atoms with van der Waals surface area (Å²) in [6.45, 7) is 6.16. The van der Waals surface area contributed by atoms with Crippen LogP contribution in [-0.2, 0) is 17.8 Å². The first-order valence-electron chi connectivity index (χ1n) is 14.5. The van der Waals surface area contributed by atoms with Crippen molar-refractivity contribution >= 4 is 23.5 Å². The first-order valence-corrected chi connectivity index (χ1v) is 14.5. The SMILES string of the molecule is CCCCCCCCc1ccc(C(=O)Nc2ccc(-c3ccc4c(c3)C(=O)N(C(C(=O)O)C(C)C)C4)cc2)cc1. The largest absolute Gasteiger partial charge is 0.480 e. The average Bonchev–Trinajstić information content (AvgIpc) is 3.26. The number of carbonyl (C=O) groups is 3. The molecule has 6 nitrogen and oxygen atoms in total. The van der Waals surface area contributed by atoms with Gasteiger partial charge in [-0.25, -0.2) is 4.79 Å². The van der Waals surface area contributed by atoms with Crippen LogP contribution in [0.4, 0.5) is 5.69 Å². The fourth-order valence-corrected chi connectivity index (χ4v) is 5.39. The second-order valence-corrected chi connectivity index (χ2v) is 11.1. The highest BCUT2D eigenvalue weighted by molar-refractivity contribution is 6.04. The summed E-state index contributed by atoms with van der Waals surface area (Å²) in [6, 6.07) is 20.2. The zero-order chi connectivity index (χ0) is 28.6. The fraction of sp³-hybridized carbons (Fsp3) is 0.382. The fourth-order valence-electron chi connectivity index (χ4n) is 5.39. The van der Waals surface area contributed by atoms with Crippen LogP contribution in [0.2, 0.25) is 0 Å². The Labute approximate surface area is 237 Å². The van der Waals surface area contributed by atoms with E-state index in [1.165, 1.54) is 49.0 Å². The van der Waals surface area contributed by atoms with E-state index in [1.54, 1.807) is 0 Å². The van der Waals surface area contributed by atoms with Crippen molar-refractivity contribution in [3.05, 3.63) is 89.0 Å². The van der Waals surface area contributed by atoms with Gasteiger partial charge >= 0.3 is 5.97 Å². The zero-order valence-corrected chi connectivity index (χ0v) is 23.8. The Morgan fingerprint density at radius 2 is 1.52 bits per heavy atom. The molecule has 0 aromatic heterocycles. The number of hydrogen-bond donors (Lipinski definition) is 2. The first kappa shape index (κ1) is 29.1. The van der Waals surface area contributed by atoms with Gasteiger partial charge in [-0.1, -0.05) is 89.3 Å². The zero-order valence-electron chi connectivity index (χ0n) is 23.8. The summed E-state index contributed by atoms with van der Waals surface area (Å²) in [6.07, 6.45) is 8.66. The highest BCUT2D eigenvalue weighted by Crippen LogP contribution is 2.31. The number of amides is 2. The van der Waals surface area contributed by atoms with Gasteiger partial charge in [-0.2, -0.15) is 0 Å². The molecule has 0 fully saturated rings. The van der Waals surface area contributed by atoms with Crippen molar-refractivity contribution in [3.63, 3.8) is 0 Å². The summed E-state index contributed by atoms with van der Waals surface area (Å²) in [4.78, 5) is 39.1. The molecule has 4 rings (SSSR count). The maximum absolute atomic E-state index is 13.1. The minimum atomic E-state index is -0.988. The number of benzene rings is 3. The second kappa shape index (κ2) is 13.4. The number of aryl methyl sites for hydroxylation is 1. The lowest BCUT2D eigenvalue weighted by Crippen LogP contribution is -2.44. The summed E-state index contributed by atoms with van der Waals surface area (Å²) in [7, 11) is 0. The highest BCUT2D eigenvalue weighted by atomic mass is 16.4. The number of anilines is 1. The Morgan fingerprint density at radius 1 is 0.875 bits per heavy atom. The van der Waals surface area contributed by atoms with Crippen LogP contribution < -0.4 is 5.32 Å². The molecule has 1 aliphatic rings. The molecule has 0 radical (unpaired) electrons. The first-order chi connectivity index (χ1) is 19.3. The van der Waals surface area contributed by atoms with Crippen LogP contribution in [0.1, 0.15) is 91.1 Å². The number of fused-ring (bicyclic) bond motifs is 1. The number of carboxylic acids is 1. The van der Waals surface area contributed by atoms with Crippen molar-refractivity contribution in [2.75, 3.05) is 5.32 Å². The quantitative estimate of drug-likeness (QED) is 0.219. The number of unbranched alkanes of at least 4 members (excludes halogenated alkanes) is 5. The van der Waals surface area contributed by atoms with Gasteiger partial charge in [0.25, 0.3) is 11.8 Å². The average molecular weight is 541 g/mol. The molecular formula is C34H40N2O4. The molecule has 0 bridgehead atoms. The molecule has 1 unspecified atom stereocenters. The van der Waals surface area contributed by atoms with Crippen LogP contribution in [0, 0.1) is 5.92 Å². The predicted octanol–water partition coefficient (Wildman–Crippen LogP) is 7.57. The molecule has 0 aliphatic carbocycles. The van der Waals surface area contributed by atoms with Crippen molar-refractivity contribution in [2.45, 2.75) is 78.3 Å². The lowest BCUT2D eigenvalue weighted by molar-refractivity contribution is -0.144. The molecule has 0 saturated heterocycles.